The Morgan fingerprint density at radius 3 is 2.38 bits per heavy atom. The van der Waals surface area contributed by atoms with E-state index in [1.54, 1.807) is 31.3 Å². The highest BCUT2D eigenvalue weighted by Gasteiger charge is 2.31. The van der Waals surface area contributed by atoms with Crippen molar-refractivity contribution in [1.29, 1.82) is 0 Å². The molecule has 0 aliphatic rings. The summed E-state index contributed by atoms with van der Waals surface area (Å²) in [5.41, 5.74) is -0.223. The molecule has 0 amide bonds. The number of nitrogens with zero attached hydrogens (tertiary/aromatic N) is 1. The highest BCUT2D eigenvalue weighted by atomic mass is 35.5. The number of halogens is 1. The number of hydrogen-bond acceptors (Lipinski definition) is 4. The standard InChI is InChI=1S/C15H18ClNO3S/c1-10(14-17-9-13(20-14)15(2,3)4)21(18,19)12-8-6-5-7-11(12)16/h5-10H,1-4H3/t10-/m0/s1. The molecule has 0 spiro atoms. The molecule has 0 saturated carbocycles. The van der Waals surface area contributed by atoms with Gasteiger partial charge in [0.05, 0.1) is 16.1 Å². The zero-order chi connectivity index (χ0) is 15.8. The molecule has 1 aromatic heterocycles. The molecule has 0 N–H and O–H groups in total. The van der Waals surface area contributed by atoms with Gasteiger partial charge in [0.2, 0.25) is 5.89 Å². The average Bonchev–Trinajstić information content (AvgIpc) is 2.87. The van der Waals surface area contributed by atoms with Gasteiger partial charge in [0, 0.05) is 5.41 Å². The number of rotatable bonds is 3. The first-order valence-corrected chi connectivity index (χ1v) is 8.51. The van der Waals surface area contributed by atoms with Crippen LogP contribution in [-0.2, 0) is 15.3 Å². The van der Waals surface area contributed by atoms with E-state index in [1.807, 2.05) is 20.8 Å². The first kappa shape index (κ1) is 16.0. The van der Waals surface area contributed by atoms with Crippen LogP contribution in [0.4, 0.5) is 0 Å². The fourth-order valence-electron chi connectivity index (χ4n) is 1.82. The van der Waals surface area contributed by atoms with E-state index in [1.165, 1.54) is 6.07 Å². The Kier molecular flexibility index (Phi) is 4.17. The highest BCUT2D eigenvalue weighted by molar-refractivity contribution is 7.91. The molecule has 21 heavy (non-hydrogen) atoms. The number of sulfone groups is 1. The van der Waals surface area contributed by atoms with Gasteiger partial charge in [-0.05, 0) is 19.1 Å². The third kappa shape index (κ3) is 3.14. The van der Waals surface area contributed by atoms with E-state index in [0.29, 0.717) is 5.76 Å². The molecular weight excluding hydrogens is 310 g/mol. The lowest BCUT2D eigenvalue weighted by molar-refractivity contribution is 0.380. The van der Waals surface area contributed by atoms with E-state index in [4.69, 9.17) is 16.0 Å². The van der Waals surface area contributed by atoms with Gasteiger partial charge >= 0.3 is 0 Å². The van der Waals surface area contributed by atoms with E-state index in [-0.39, 0.29) is 21.2 Å². The van der Waals surface area contributed by atoms with E-state index in [9.17, 15) is 8.42 Å². The summed E-state index contributed by atoms with van der Waals surface area (Å²) in [6.45, 7) is 7.48. The molecule has 0 unspecified atom stereocenters. The molecule has 0 fully saturated rings. The van der Waals surface area contributed by atoms with Crippen molar-refractivity contribution >= 4 is 21.4 Å². The van der Waals surface area contributed by atoms with Gasteiger partial charge in [-0.15, -0.1) is 0 Å². The average molecular weight is 328 g/mol. The van der Waals surface area contributed by atoms with Gasteiger partial charge in [0.15, 0.2) is 9.84 Å². The number of benzene rings is 1. The molecule has 1 heterocycles. The van der Waals surface area contributed by atoms with Crippen LogP contribution in [0, 0.1) is 0 Å². The van der Waals surface area contributed by atoms with Crippen molar-refractivity contribution in [3.63, 3.8) is 0 Å². The van der Waals surface area contributed by atoms with Gasteiger partial charge in [-0.2, -0.15) is 0 Å². The molecule has 114 valence electrons. The summed E-state index contributed by atoms with van der Waals surface area (Å²) in [7, 11) is -3.64. The molecular formula is C15H18ClNO3S. The predicted octanol–water partition coefficient (Wildman–Crippen LogP) is 4.16. The van der Waals surface area contributed by atoms with Crippen LogP contribution in [0.3, 0.4) is 0 Å². The fraction of sp³-hybridized carbons (Fsp3) is 0.400. The summed E-state index contributed by atoms with van der Waals surface area (Å²) < 4.78 is 30.9. The smallest absolute Gasteiger partial charge is 0.212 e. The summed E-state index contributed by atoms with van der Waals surface area (Å²) in [4.78, 5) is 4.21. The second-order valence-corrected chi connectivity index (χ2v) is 8.57. The lowest BCUT2D eigenvalue weighted by Gasteiger charge is -2.14. The summed E-state index contributed by atoms with van der Waals surface area (Å²) in [6.07, 6.45) is 1.58. The van der Waals surface area contributed by atoms with E-state index >= 15 is 0 Å². The van der Waals surface area contributed by atoms with Crippen LogP contribution in [0.25, 0.3) is 0 Å². The zero-order valence-corrected chi connectivity index (χ0v) is 14.0. The molecule has 4 nitrogen and oxygen atoms in total. The minimum atomic E-state index is -3.64. The van der Waals surface area contributed by atoms with Crippen LogP contribution in [0.5, 0.6) is 0 Å². The van der Waals surface area contributed by atoms with Crippen molar-refractivity contribution in [2.75, 3.05) is 0 Å². The van der Waals surface area contributed by atoms with Gasteiger partial charge in [-0.25, -0.2) is 13.4 Å². The number of oxazole rings is 1. The zero-order valence-electron chi connectivity index (χ0n) is 12.4. The topological polar surface area (TPSA) is 60.2 Å². The quantitative estimate of drug-likeness (QED) is 0.849. The second kappa shape index (κ2) is 5.46. The first-order valence-electron chi connectivity index (χ1n) is 6.58. The van der Waals surface area contributed by atoms with Gasteiger partial charge in [0.1, 0.15) is 11.0 Å². The van der Waals surface area contributed by atoms with Crippen molar-refractivity contribution in [3.8, 4) is 0 Å². The maximum Gasteiger partial charge on any atom is 0.212 e. The van der Waals surface area contributed by atoms with Crippen LogP contribution in [0.15, 0.2) is 39.8 Å². The maximum absolute atomic E-state index is 12.6. The summed E-state index contributed by atoms with van der Waals surface area (Å²) in [5, 5.41) is -0.694. The molecule has 0 aliphatic carbocycles. The Balaban J connectivity index is 2.42. The Labute approximate surface area is 130 Å². The normalized spacial score (nSPS) is 14.1. The van der Waals surface area contributed by atoms with Crippen molar-refractivity contribution < 1.29 is 12.8 Å². The second-order valence-electron chi connectivity index (χ2n) is 5.93. The first-order chi connectivity index (χ1) is 9.64. The molecule has 1 aromatic carbocycles. The molecule has 2 aromatic rings. The lowest BCUT2D eigenvalue weighted by atomic mass is 9.94. The van der Waals surface area contributed by atoms with Crippen molar-refractivity contribution in [1.82, 2.24) is 4.98 Å². The van der Waals surface area contributed by atoms with Gasteiger partial charge < -0.3 is 4.42 Å². The Morgan fingerprint density at radius 1 is 1.24 bits per heavy atom. The van der Waals surface area contributed by atoms with Crippen molar-refractivity contribution in [2.24, 2.45) is 0 Å². The molecule has 6 heteroatoms. The molecule has 0 aliphatic heterocycles. The van der Waals surface area contributed by atoms with E-state index in [0.717, 1.165) is 0 Å². The van der Waals surface area contributed by atoms with Crippen molar-refractivity contribution in [2.45, 2.75) is 43.3 Å². The van der Waals surface area contributed by atoms with Crippen molar-refractivity contribution in [3.05, 3.63) is 47.1 Å². The molecule has 1 atom stereocenters. The third-order valence-corrected chi connectivity index (χ3v) is 5.76. The fourth-order valence-corrected chi connectivity index (χ4v) is 3.64. The van der Waals surface area contributed by atoms with Gasteiger partial charge in [-0.3, -0.25) is 0 Å². The van der Waals surface area contributed by atoms with Crippen LogP contribution < -0.4 is 0 Å². The van der Waals surface area contributed by atoms with Crippen LogP contribution >= 0.6 is 11.6 Å². The molecule has 0 bridgehead atoms. The minimum Gasteiger partial charge on any atom is -0.444 e. The number of aromatic nitrogens is 1. The summed E-state index contributed by atoms with van der Waals surface area (Å²) in [6, 6.07) is 6.37. The third-order valence-electron chi connectivity index (χ3n) is 3.22. The molecule has 0 radical (unpaired) electrons. The van der Waals surface area contributed by atoms with E-state index < -0.39 is 15.1 Å². The Hall–Kier alpha value is -1.33. The predicted molar refractivity (Wildman–Crippen MR) is 82.3 cm³/mol. The monoisotopic (exact) mass is 327 g/mol. The SMILES string of the molecule is C[C@@H](c1ncc(C(C)(C)C)o1)S(=O)(=O)c1ccccc1Cl. The summed E-state index contributed by atoms with van der Waals surface area (Å²) in [5.74, 6) is 0.832. The van der Waals surface area contributed by atoms with Crippen LogP contribution in [-0.4, -0.2) is 13.4 Å². The van der Waals surface area contributed by atoms with Crippen LogP contribution in [0.1, 0.15) is 44.6 Å². The van der Waals surface area contributed by atoms with E-state index in [2.05, 4.69) is 4.98 Å². The molecule has 0 saturated heterocycles. The molecule has 2 rings (SSSR count). The van der Waals surface area contributed by atoms with Crippen LogP contribution in [0.2, 0.25) is 5.02 Å². The Morgan fingerprint density at radius 2 is 1.86 bits per heavy atom. The lowest BCUT2D eigenvalue weighted by Crippen LogP contribution is -2.12. The summed E-state index contributed by atoms with van der Waals surface area (Å²) >= 11 is 5.99. The largest absolute Gasteiger partial charge is 0.444 e. The highest BCUT2D eigenvalue weighted by Crippen LogP contribution is 2.33. The van der Waals surface area contributed by atoms with Gasteiger partial charge in [-0.1, -0.05) is 44.5 Å². The van der Waals surface area contributed by atoms with Gasteiger partial charge in [0.25, 0.3) is 0 Å². The number of hydrogen-bond donors (Lipinski definition) is 0. The maximum atomic E-state index is 12.6. The Bertz CT molecular complexity index is 744. The minimum absolute atomic E-state index is 0.0923.